The number of aromatic nitrogens is 2. The molecule has 0 aliphatic rings. The quantitative estimate of drug-likeness (QED) is 0.499. The highest BCUT2D eigenvalue weighted by Crippen LogP contribution is 2.33. The van der Waals surface area contributed by atoms with Gasteiger partial charge in [0.05, 0.1) is 4.92 Å². The molecule has 2 heterocycles. The highest BCUT2D eigenvalue weighted by molar-refractivity contribution is 9.10. The van der Waals surface area contributed by atoms with Crippen LogP contribution < -0.4 is 11.3 Å². The van der Waals surface area contributed by atoms with Crippen molar-refractivity contribution in [2.75, 3.05) is 5.43 Å². The van der Waals surface area contributed by atoms with Crippen molar-refractivity contribution in [2.24, 2.45) is 5.84 Å². The van der Waals surface area contributed by atoms with Crippen LogP contribution in [-0.4, -0.2) is 14.9 Å². The second-order valence-corrected chi connectivity index (χ2v) is 5.26. The van der Waals surface area contributed by atoms with Gasteiger partial charge in [-0.2, -0.15) is 0 Å². The van der Waals surface area contributed by atoms with Crippen LogP contribution in [0.1, 0.15) is 0 Å². The summed E-state index contributed by atoms with van der Waals surface area (Å²) in [6, 6.07) is 6.33. The lowest BCUT2D eigenvalue weighted by Gasteiger charge is -2.04. The van der Waals surface area contributed by atoms with Crippen LogP contribution in [0.5, 0.6) is 0 Å². The van der Waals surface area contributed by atoms with Gasteiger partial charge in [-0.25, -0.2) is 15.8 Å². The molecular formula is C10H8BrN5O2S. The number of nitro groups is 1. The summed E-state index contributed by atoms with van der Waals surface area (Å²) in [4.78, 5) is 18.6. The average Bonchev–Trinajstić information content (AvgIpc) is 2.41. The van der Waals surface area contributed by atoms with Crippen molar-refractivity contribution in [3.8, 4) is 0 Å². The Morgan fingerprint density at radius 2 is 2.16 bits per heavy atom. The van der Waals surface area contributed by atoms with Crippen LogP contribution >= 0.6 is 27.7 Å². The number of hydrogen-bond acceptors (Lipinski definition) is 7. The molecule has 0 aliphatic heterocycles. The van der Waals surface area contributed by atoms with E-state index in [2.05, 4.69) is 31.3 Å². The number of nitrogens with one attached hydrogen (secondary N) is 1. The monoisotopic (exact) mass is 341 g/mol. The third-order valence-electron chi connectivity index (χ3n) is 2.09. The van der Waals surface area contributed by atoms with E-state index in [1.165, 1.54) is 12.1 Å². The molecule has 3 N–H and O–H groups in total. The maximum Gasteiger partial charge on any atom is 0.301 e. The number of halogens is 1. The molecule has 0 saturated heterocycles. The topological polar surface area (TPSA) is 107 Å². The van der Waals surface area contributed by atoms with Crippen LogP contribution in [-0.2, 0) is 0 Å². The number of pyridine rings is 2. The molecule has 0 unspecified atom stereocenters. The van der Waals surface area contributed by atoms with E-state index in [4.69, 9.17) is 5.84 Å². The van der Waals surface area contributed by atoms with Crippen LogP contribution in [0.2, 0.25) is 0 Å². The van der Waals surface area contributed by atoms with Gasteiger partial charge in [-0.05, 0) is 45.9 Å². The lowest BCUT2D eigenvalue weighted by atomic mass is 10.4. The SMILES string of the molecule is NNc1ccc([N+](=O)[O-])c(Sc2ccc(Br)cn2)n1. The van der Waals surface area contributed by atoms with E-state index in [0.29, 0.717) is 10.8 Å². The zero-order chi connectivity index (χ0) is 13.8. The van der Waals surface area contributed by atoms with Crippen molar-refractivity contribution in [2.45, 2.75) is 10.1 Å². The van der Waals surface area contributed by atoms with Gasteiger partial charge in [0.1, 0.15) is 10.8 Å². The van der Waals surface area contributed by atoms with E-state index < -0.39 is 4.92 Å². The Bertz CT molecular complexity index is 607. The highest BCUT2D eigenvalue weighted by atomic mass is 79.9. The second-order valence-electron chi connectivity index (χ2n) is 3.34. The zero-order valence-corrected chi connectivity index (χ0v) is 11.8. The molecular weight excluding hydrogens is 334 g/mol. The number of nitrogens with zero attached hydrogens (tertiary/aromatic N) is 3. The molecule has 2 aromatic heterocycles. The van der Waals surface area contributed by atoms with Crippen LogP contribution in [0.4, 0.5) is 11.5 Å². The number of anilines is 1. The molecule has 9 heteroatoms. The number of nitrogen functional groups attached to an aromatic ring is 1. The molecule has 0 fully saturated rings. The molecule has 7 nitrogen and oxygen atoms in total. The number of hydrogen-bond donors (Lipinski definition) is 2. The van der Waals surface area contributed by atoms with Crippen molar-refractivity contribution < 1.29 is 4.92 Å². The smallest absolute Gasteiger partial charge is 0.301 e. The Hall–Kier alpha value is -1.71. The first-order valence-electron chi connectivity index (χ1n) is 5.01. The first-order chi connectivity index (χ1) is 9.10. The number of nitrogens with two attached hydrogens (primary N) is 1. The van der Waals surface area contributed by atoms with Crippen LogP contribution in [0.15, 0.2) is 45.0 Å². The fourth-order valence-corrected chi connectivity index (χ4v) is 2.31. The number of rotatable bonds is 4. The summed E-state index contributed by atoms with van der Waals surface area (Å²) in [6.45, 7) is 0. The van der Waals surface area contributed by atoms with Crippen LogP contribution in [0, 0.1) is 10.1 Å². The molecule has 0 aliphatic carbocycles. The van der Waals surface area contributed by atoms with E-state index in [-0.39, 0.29) is 10.7 Å². The summed E-state index contributed by atoms with van der Waals surface area (Å²) in [5.74, 6) is 5.60. The van der Waals surface area contributed by atoms with Gasteiger partial charge in [0.15, 0.2) is 5.03 Å². The van der Waals surface area contributed by atoms with E-state index in [1.54, 1.807) is 18.3 Å². The third-order valence-corrected chi connectivity index (χ3v) is 3.50. The molecule has 0 aromatic carbocycles. The second kappa shape index (κ2) is 5.95. The van der Waals surface area contributed by atoms with Crippen molar-refractivity contribution in [3.63, 3.8) is 0 Å². The van der Waals surface area contributed by atoms with Crippen molar-refractivity contribution >= 4 is 39.2 Å². The maximum absolute atomic E-state index is 10.9. The van der Waals surface area contributed by atoms with Gasteiger partial charge >= 0.3 is 5.69 Å². The molecule has 0 amide bonds. The van der Waals surface area contributed by atoms with Crippen LogP contribution in [0.3, 0.4) is 0 Å². The van der Waals surface area contributed by atoms with Gasteiger partial charge in [0, 0.05) is 16.7 Å². The third kappa shape index (κ3) is 3.40. The van der Waals surface area contributed by atoms with Crippen LogP contribution in [0.25, 0.3) is 0 Å². The highest BCUT2D eigenvalue weighted by Gasteiger charge is 2.17. The summed E-state index contributed by atoms with van der Waals surface area (Å²) >= 11 is 4.37. The van der Waals surface area contributed by atoms with Gasteiger partial charge < -0.3 is 5.43 Å². The Balaban J connectivity index is 2.36. The van der Waals surface area contributed by atoms with E-state index in [1.807, 2.05) is 0 Å². The van der Waals surface area contributed by atoms with Gasteiger partial charge in [-0.1, -0.05) is 0 Å². The summed E-state index contributed by atoms with van der Waals surface area (Å²) in [5, 5.41) is 11.8. The Morgan fingerprint density at radius 1 is 1.37 bits per heavy atom. The molecule has 2 aromatic rings. The standard InChI is InChI=1S/C10H8BrN5O2S/c11-6-1-4-9(13-5-6)19-10-7(16(17)18)2-3-8(14-10)15-12/h1-5H,12H2,(H,14,15). The fourth-order valence-electron chi connectivity index (χ4n) is 1.25. The Labute approximate surface area is 120 Å². The summed E-state index contributed by atoms with van der Waals surface area (Å²) in [7, 11) is 0. The van der Waals surface area contributed by atoms with Gasteiger partial charge in [0.25, 0.3) is 0 Å². The van der Waals surface area contributed by atoms with Crippen molar-refractivity contribution in [1.82, 2.24) is 9.97 Å². The van der Waals surface area contributed by atoms with Gasteiger partial charge in [-0.3, -0.25) is 10.1 Å². The number of hydrazine groups is 1. The summed E-state index contributed by atoms with van der Waals surface area (Å²) in [6.07, 6.45) is 1.61. The first kappa shape index (κ1) is 13.7. The molecule has 0 bridgehead atoms. The largest absolute Gasteiger partial charge is 0.308 e. The zero-order valence-electron chi connectivity index (χ0n) is 9.41. The molecule has 0 spiro atoms. The minimum Gasteiger partial charge on any atom is -0.308 e. The summed E-state index contributed by atoms with van der Waals surface area (Å²) in [5.41, 5.74) is 2.26. The van der Waals surface area contributed by atoms with Gasteiger partial charge in [-0.15, -0.1) is 0 Å². The average molecular weight is 342 g/mol. The molecule has 0 radical (unpaired) electrons. The summed E-state index contributed by atoms with van der Waals surface area (Å²) < 4.78 is 0.830. The maximum atomic E-state index is 10.9. The lowest BCUT2D eigenvalue weighted by Crippen LogP contribution is -2.09. The lowest BCUT2D eigenvalue weighted by molar-refractivity contribution is -0.388. The molecule has 0 atom stereocenters. The van der Waals surface area contributed by atoms with Crippen molar-refractivity contribution in [3.05, 3.63) is 45.0 Å². The Kier molecular flexibility index (Phi) is 4.30. The van der Waals surface area contributed by atoms with E-state index in [9.17, 15) is 10.1 Å². The van der Waals surface area contributed by atoms with Gasteiger partial charge in [0.2, 0.25) is 0 Å². The first-order valence-corrected chi connectivity index (χ1v) is 6.62. The predicted octanol–water partition coefficient (Wildman–Crippen LogP) is 2.58. The molecule has 19 heavy (non-hydrogen) atoms. The molecule has 98 valence electrons. The minimum atomic E-state index is -0.492. The van der Waals surface area contributed by atoms with Crippen molar-refractivity contribution in [1.29, 1.82) is 0 Å². The molecule has 0 saturated carbocycles. The molecule has 2 rings (SSSR count). The fraction of sp³-hybridized carbons (Fsp3) is 0. The predicted molar refractivity (Wildman–Crippen MR) is 74.8 cm³/mol. The van der Waals surface area contributed by atoms with E-state index in [0.717, 1.165) is 16.2 Å². The normalized spacial score (nSPS) is 10.2. The van der Waals surface area contributed by atoms with E-state index >= 15 is 0 Å². The minimum absolute atomic E-state index is 0.0891. The Morgan fingerprint density at radius 3 is 2.74 bits per heavy atom.